The lowest BCUT2D eigenvalue weighted by Crippen LogP contribution is -2.43. The van der Waals surface area contributed by atoms with Crippen molar-refractivity contribution in [3.05, 3.63) is 124 Å². The monoisotopic (exact) mass is 548 g/mol. The van der Waals surface area contributed by atoms with E-state index >= 15 is 0 Å². The standard InChI is InChI=1S/C33H28N2O6/c1-19-17-26(20(2)41-19)31(36)28-27(22-13-15-25(40-3)16-14-22)30(33(38)39)35(32(37)24-7-5-4-6-8-24)29(28)23-11-9-21(18-34)10-12-23/h4-17,27-30H,1-3H3,(H,38,39). The number of rotatable bonds is 7. The van der Waals surface area contributed by atoms with Crippen LogP contribution in [0.5, 0.6) is 5.75 Å². The number of carboxylic acids is 1. The zero-order valence-electron chi connectivity index (χ0n) is 22.8. The first-order chi connectivity index (χ1) is 19.7. The van der Waals surface area contributed by atoms with E-state index in [1.807, 2.05) is 0 Å². The fourth-order valence-electron chi connectivity index (χ4n) is 5.87. The number of ketones is 1. The highest BCUT2D eigenvalue weighted by molar-refractivity contribution is 6.04. The molecule has 5 rings (SSSR count). The van der Waals surface area contributed by atoms with Gasteiger partial charge >= 0.3 is 5.97 Å². The third kappa shape index (κ3) is 4.98. The fourth-order valence-corrected chi connectivity index (χ4v) is 5.87. The van der Waals surface area contributed by atoms with Crippen LogP contribution in [-0.2, 0) is 4.79 Å². The van der Waals surface area contributed by atoms with Crippen LogP contribution in [0, 0.1) is 31.1 Å². The van der Waals surface area contributed by atoms with Crippen molar-refractivity contribution in [3.8, 4) is 11.8 Å². The number of carbonyl (C=O) groups is 3. The number of ether oxygens (including phenoxy) is 1. The Balaban J connectivity index is 1.79. The van der Waals surface area contributed by atoms with E-state index in [4.69, 9.17) is 9.15 Å². The van der Waals surface area contributed by atoms with Crippen LogP contribution in [0.15, 0.2) is 89.3 Å². The van der Waals surface area contributed by atoms with Crippen LogP contribution in [-0.4, -0.2) is 40.8 Å². The van der Waals surface area contributed by atoms with Crippen LogP contribution in [0.4, 0.5) is 0 Å². The normalized spacial score (nSPS) is 19.9. The molecular formula is C33H28N2O6. The summed E-state index contributed by atoms with van der Waals surface area (Å²) < 4.78 is 11.0. The number of furan rings is 1. The number of nitrogens with zero attached hydrogens (tertiary/aromatic N) is 2. The van der Waals surface area contributed by atoms with Crippen molar-refractivity contribution in [2.45, 2.75) is 31.8 Å². The molecule has 8 nitrogen and oxygen atoms in total. The first kappa shape index (κ1) is 27.4. The van der Waals surface area contributed by atoms with E-state index in [-0.39, 0.29) is 5.78 Å². The molecule has 1 aliphatic heterocycles. The predicted molar refractivity (Wildman–Crippen MR) is 150 cm³/mol. The number of carboxylic acid groups (broad SMARTS) is 1. The maximum absolute atomic E-state index is 14.5. The molecule has 4 atom stereocenters. The van der Waals surface area contributed by atoms with Gasteiger partial charge < -0.3 is 19.2 Å². The van der Waals surface area contributed by atoms with Gasteiger partial charge in [-0.3, -0.25) is 9.59 Å². The number of benzene rings is 3. The van der Waals surface area contributed by atoms with E-state index in [1.54, 1.807) is 98.8 Å². The van der Waals surface area contributed by atoms with Gasteiger partial charge in [-0.15, -0.1) is 0 Å². The molecule has 41 heavy (non-hydrogen) atoms. The Kier molecular flexibility index (Phi) is 7.45. The number of hydrogen-bond donors (Lipinski definition) is 1. The molecular weight excluding hydrogens is 520 g/mol. The second kappa shape index (κ2) is 11.1. The van der Waals surface area contributed by atoms with Crippen molar-refractivity contribution >= 4 is 17.7 Å². The quantitative estimate of drug-likeness (QED) is 0.294. The van der Waals surface area contributed by atoms with Crippen LogP contribution in [0.1, 0.15) is 60.9 Å². The van der Waals surface area contributed by atoms with Gasteiger partial charge in [-0.05, 0) is 67.4 Å². The molecule has 1 N–H and O–H groups in total. The summed E-state index contributed by atoms with van der Waals surface area (Å²) in [6.45, 7) is 3.43. The molecule has 0 aliphatic carbocycles. The minimum absolute atomic E-state index is 0.300. The predicted octanol–water partition coefficient (Wildman–Crippen LogP) is 5.71. The van der Waals surface area contributed by atoms with E-state index in [9.17, 15) is 24.8 Å². The molecule has 8 heteroatoms. The minimum Gasteiger partial charge on any atom is -0.497 e. The average molecular weight is 549 g/mol. The molecule has 2 heterocycles. The molecule has 206 valence electrons. The number of Topliss-reactive ketones (excluding diaryl/α,β-unsaturated/α-hetero) is 1. The van der Waals surface area contributed by atoms with Crippen molar-refractivity contribution in [1.29, 1.82) is 5.26 Å². The van der Waals surface area contributed by atoms with E-state index < -0.39 is 35.8 Å². The third-order valence-electron chi connectivity index (χ3n) is 7.67. The lowest BCUT2D eigenvalue weighted by atomic mass is 9.76. The molecule has 3 aromatic carbocycles. The van der Waals surface area contributed by atoms with Gasteiger partial charge in [0.05, 0.1) is 36.3 Å². The van der Waals surface area contributed by atoms with Gasteiger partial charge in [0.2, 0.25) is 0 Å². The number of hydrogen-bond acceptors (Lipinski definition) is 6. The smallest absolute Gasteiger partial charge is 0.327 e. The van der Waals surface area contributed by atoms with Gasteiger partial charge in [-0.1, -0.05) is 42.5 Å². The molecule has 0 spiro atoms. The van der Waals surface area contributed by atoms with Crippen LogP contribution in [0.25, 0.3) is 0 Å². The van der Waals surface area contributed by atoms with Crippen molar-refractivity contribution in [1.82, 2.24) is 4.90 Å². The Bertz CT molecular complexity index is 1630. The van der Waals surface area contributed by atoms with Crippen LogP contribution in [0.3, 0.4) is 0 Å². The molecule has 1 aliphatic rings. The molecule has 1 saturated heterocycles. The Hall–Kier alpha value is -5.16. The first-order valence-corrected chi connectivity index (χ1v) is 13.1. The number of likely N-dealkylation sites (tertiary alicyclic amines) is 1. The van der Waals surface area contributed by atoms with Crippen LogP contribution >= 0.6 is 0 Å². The number of amides is 1. The average Bonchev–Trinajstić information content (AvgIpc) is 3.53. The van der Waals surface area contributed by atoms with Gasteiger partial charge in [-0.2, -0.15) is 5.26 Å². The molecule has 0 saturated carbocycles. The van der Waals surface area contributed by atoms with E-state index in [1.165, 1.54) is 12.0 Å². The number of methoxy groups -OCH3 is 1. The third-order valence-corrected chi connectivity index (χ3v) is 7.67. The molecule has 0 radical (unpaired) electrons. The highest BCUT2D eigenvalue weighted by atomic mass is 16.5. The molecule has 4 unspecified atom stereocenters. The highest BCUT2D eigenvalue weighted by Gasteiger charge is 2.58. The Morgan fingerprint density at radius 1 is 0.927 bits per heavy atom. The van der Waals surface area contributed by atoms with Gasteiger partial charge in [-0.25, -0.2) is 4.79 Å². The Labute approximate surface area is 237 Å². The van der Waals surface area contributed by atoms with Crippen LogP contribution in [0.2, 0.25) is 0 Å². The summed E-state index contributed by atoms with van der Waals surface area (Å²) in [4.78, 5) is 43.1. The maximum Gasteiger partial charge on any atom is 0.327 e. The Morgan fingerprint density at radius 2 is 1.56 bits per heavy atom. The van der Waals surface area contributed by atoms with Gasteiger partial charge in [0.15, 0.2) is 5.78 Å². The molecule has 4 aromatic rings. The summed E-state index contributed by atoms with van der Waals surface area (Å²) in [6.07, 6.45) is 0. The zero-order chi connectivity index (χ0) is 29.3. The number of aryl methyl sites for hydroxylation is 2. The van der Waals surface area contributed by atoms with Crippen molar-refractivity contribution in [2.24, 2.45) is 5.92 Å². The van der Waals surface area contributed by atoms with E-state index in [0.717, 1.165) is 0 Å². The largest absolute Gasteiger partial charge is 0.497 e. The topological polar surface area (TPSA) is 121 Å². The summed E-state index contributed by atoms with van der Waals surface area (Å²) in [5.74, 6) is -2.43. The molecule has 1 amide bonds. The summed E-state index contributed by atoms with van der Waals surface area (Å²) in [5.41, 5.74) is 2.17. The second-order valence-corrected chi connectivity index (χ2v) is 10.1. The van der Waals surface area contributed by atoms with Crippen molar-refractivity contribution < 1.29 is 28.6 Å². The summed E-state index contributed by atoms with van der Waals surface area (Å²) >= 11 is 0. The fraction of sp³-hybridized carbons (Fsp3) is 0.212. The highest BCUT2D eigenvalue weighted by Crippen LogP contribution is 2.52. The summed E-state index contributed by atoms with van der Waals surface area (Å²) in [5, 5.41) is 20.1. The molecule has 1 aromatic heterocycles. The second-order valence-electron chi connectivity index (χ2n) is 10.1. The first-order valence-electron chi connectivity index (χ1n) is 13.1. The minimum atomic E-state index is -1.38. The number of aliphatic carboxylic acids is 1. The zero-order valence-corrected chi connectivity index (χ0v) is 22.8. The van der Waals surface area contributed by atoms with Gasteiger partial charge in [0, 0.05) is 11.5 Å². The summed E-state index contributed by atoms with van der Waals surface area (Å²) in [7, 11) is 1.53. The lowest BCUT2D eigenvalue weighted by molar-refractivity contribution is -0.142. The molecule has 1 fully saturated rings. The maximum atomic E-state index is 14.5. The summed E-state index contributed by atoms with van der Waals surface area (Å²) in [6, 6.07) is 23.3. The SMILES string of the molecule is COc1ccc(C2C(C(=O)c3cc(C)oc3C)C(c3ccc(C#N)cc3)N(C(=O)c3ccccc3)C2C(=O)O)cc1. The lowest BCUT2D eigenvalue weighted by Gasteiger charge is -2.30. The van der Waals surface area contributed by atoms with Gasteiger partial charge in [0.25, 0.3) is 5.91 Å². The van der Waals surface area contributed by atoms with E-state index in [2.05, 4.69) is 6.07 Å². The van der Waals surface area contributed by atoms with Crippen molar-refractivity contribution in [2.75, 3.05) is 7.11 Å². The Morgan fingerprint density at radius 3 is 2.10 bits per heavy atom. The van der Waals surface area contributed by atoms with Gasteiger partial charge in [0.1, 0.15) is 23.3 Å². The van der Waals surface area contributed by atoms with Crippen molar-refractivity contribution in [3.63, 3.8) is 0 Å². The molecule has 0 bridgehead atoms. The number of carbonyl (C=O) groups excluding carboxylic acids is 2. The number of nitriles is 1. The van der Waals surface area contributed by atoms with E-state index in [0.29, 0.717) is 45.1 Å². The van der Waals surface area contributed by atoms with Crippen LogP contribution < -0.4 is 4.74 Å².